The number of halogens is 1. The van der Waals surface area contributed by atoms with Crippen LogP contribution in [0.2, 0.25) is 5.02 Å². The second-order valence-corrected chi connectivity index (χ2v) is 7.05. The lowest BCUT2D eigenvalue weighted by atomic mass is 9.87. The van der Waals surface area contributed by atoms with E-state index in [9.17, 15) is 4.79 Å². The third-order valence-corrected chi connectivity index (χ3v) is 5.22. The molecule has 0 unspecified atom stereocenters. The van der Waals surface area contributed by atoms with Crippen molar-refractivity contribution in [1.82, 2.24) is 5.32 Å². The number of carbonyl (C=O) groups is 1. The van der Waals surface area contributed by atoms with E-state index >= 15 is 0 Å². The highest BCUT2D eigenvalue weighted by Gasteiger charge is 2.29. The van der Waals surface area contributed by atoms with Crippen molar-refractivity contribution >= 4 is 17.5 Å². The predicted molar refractivity (Wildman–Crippen MR) is 94.4 cm³/mol. The number of benzene rings is 2. The lowest BCUT2D eigenvalue weighted by Gasteiger charge is -2.30. The van der Waals surface area contributed by atoms with Gasteiger partial charge >= 0.3 is 0 Å². The van der Waals surface area contributed by atoms with Gasteiger partial charge in [0.15, 0.2) is 0 Å². The highest BCUT2D eigenvalue weighted by molar-refractivity contribution is 6.30. The summed E-state index contributed by atoms with van der Waals surface area (Å²) in [6.45, 7) is 0.425. The second kappa shape index (κ2) is 6.48. The first-order valence-corrected chi connectivity index (χ1v) is 8.88. The summed E-state index contributed by atoms with van der Waals surface area (Å²) in [6.07, 6.45) is 3.89. The topological polar surface area (TPSA) is 38.3 Å². The van der Waals surface area contributed by atoms with Crippen LogP contribution in [0.4, 0.5) is 0 Å². The van der Waals surface area contributed by atoms with Gasteiger partial charge in [-0.3, -0.25) is 4.79 Å². The number of fused-ring (bicyclic) bond motifs is 2. The fraction of sp³-hybridized carbons (Fsp3) is 0.350. The van der Waals surface area contributed by atoms with Gasteiger partial charge in [0.05, 0.1) is 12.0 Å². The smallest absolute Gasteiger partial charge is 0.227 e. The average Bonchev–Trinajstić information content (AvgIpc) is 2.61. The van der Waals surface area contributed by atoms with Gasteiger partial charge in [-0.1, -0.05) is 35.9 Å². The summed E-state index contributed by atoms with van der Waals surface area (Å²) < 4.78 is 5.75. The zero-order valence-corrected chi connectivity index (χ0v) is 14.2. The Hall–Kier alpha value is -2.00. The molecule has 1 aliphatic heterocycles. The van der Waals surface area contributed by atoms with Gasteiger partial charge in [-0.2, -0.15) is 0 Å². The minimum Gasteiger partial charge on any atom is -0.492 e. The van der Waals surface area contributed by atoms with E-state index in [1.165, 1.54) is 11.1 Å². The first-order chi connectivity index (χ1) is 11.7. The first kappa shape index (κ1) is 15.5. The number of nitrogens with one attached hydrogen (secondary N) is 1. The molecule has 3 nitrogen and oxygen atoms in total. The molecular formula is C20H20ClNO2. The van der Waals surface area contributed by atoms with Crippen LogP contribution in [-0.2, 0) is 17.6 Å². The quantitative estimate of drug-likeness (QED) is 0.893. The van der Waals surface area contributed by atoms with E-state index in [0.29, 0.717) is 18.1 Å². The largest absolute Gasteiger partial charge is 0.492 e. The maximum absolute atomic E-state index is 12.7. The maximum atomic E-state index is 12.7. The molecule has 0 spiro atoms. The summed E-state index contributed by atoms with van der Waals surface area (Å²) in [5, 5.41) is 3.92. The van der Waals surface area contributed by atoms with Crippen LogP contribution < -0.4 is 10.1 Å². The molecule has 4 rings (SSSR count). The molecule has 0 bridgehead atoms. The van der Waals surface area contributed by atoms with E-state index in [1.807, 2.05) is 24.3 Å². The number of hydrogen-bond acceptors (Lipinski definition) is 2. The van der Waals surface area contributed by atoms with Gasteiger partial charge in [-0.25, -0.2) is 0 Å². The van der Waals surface area contributed by atoms with Gasteiger partial charge in [-0.15, -0.1) is 0 Å². The lowest BCUT2D eigenvalue weighted by molar-refractivity contribution is -0.127. The van der Waals surface area contributed by atoms with Crippen LogP contribution in [0.5, 0.6) is 5.75 Å². The molecule has 1 aliphatic carbocycles. The molecule has 2 atom stereocenters. The molecule has 0 aromatic heterocycles. The first-order valence-electron chi connectivity index (χ1n) is 8.50. The van der Waals surface area contributed by atoms with E-state index in [-0.39, 0.29) is 17.9 Å². The van der Waals surface area contributed by atoms with E-state index in [4.69, 9.17) is 16.3 Å². The molecular weight excluding hydrogens is 322 g/mol. The Bertz CT molecular complexity index is 774. The monoisotopic (exact) mass is 341 g/mol. The van der Waals surface area contributed by atoms with Crippen LogP contribution in [0.3, 0.4) is 0 Å². The molecule has 124 valence electrons. The summed E-state index contributed by atoms with van der Waals surface area (Å²) in [4.78, 5) is 12.7. The van der Waals surface area contributed by atoms with Crippen LogP contribution >= 0.6 is 11.6 Å². The third-order valence-electron chi connectivity index (χ3n) is 4.99. The molecule has 2 aromatic carbocycles. The van der Waals surface area contributed by atoms with Crippen molar-refractivity contribution in [2.24, 2.45) is 5.92 Å². The van der Waals surface area contributed by atoms with E-state index < -0.39 is 0 Å². The van der Waals surface area contributed by atoms with Crippen molar-refractivity contribution < 1.29 is 9.53 Å². The highest BCUT2D eigenvalue weighted by Crippen LogP contribution is 2.32. The van der Waals surface area contributed by atoms with Crippen LogP contribution in [0.1, 0.15) is 35.6 Å². The summed E-state index contributed by atoms with van der Waals surface area (Å²) >= 11 is 6.06. The van der Waals surface area contributed by atoms with Crippen molar-refractivity contribution in [2.75, 3.05) is 6.61 Å². The molecule has 2 aliphatic rings. The van der Waals surface area contributed by atoms with Crippen LogP contribution in [-0.4, -0.2) is 12.5 Å². The van der Waals surface area contributed by atoms with Gasteiger partial charge in [0.25, 0.3) is 0 Å². The Balaban J connectivity index is 1.48. The van der Waals surface area contributed by atoms with Crippen molar-refractivity contribution in [3.63, 3.8) is 0 Å². The molecule has 1 amide bonds. The zero-order valence-electron chi connectivity index (χ0n) is 13.4. The number of carbonyl (C=O) groups excluding carboxylic acids is 1. The summed E-state index contributed by atoms with van der Waals surface area (Å²) in [5.74, 6) is 0.749. The average molecular weight is 342 g/mol. The Morgan fingerprint density at radius 2 is 2.04 bits per heavy atom. The van der Waals surface area contributed by atoms with Gasteiger partial charge in [-0.05, 0) is 60.6 Å². The van der Waals surface area contributed by atoms with Gasteiger partial charge in [0.1, 0.15) is 12.4 Å². The minimum absolute atomic E-state index is 0.0716. The summed E-state index contributed by atoms with van der Waals surface area (Å²) in [6, 6.07) is 14.1. The maximum Gasteiger partial charge on any atom is 0.227 e. The molecule has 1 heterocycles. The normalized spacial score (nSPS) is 22.0. The fourth-order valence-electron chi connectivity index (χ4n) is 3.72. The molecule has 24 heavy (non-hydrogen) atoms. The van der Waals surface area contributed by atoms with Crippen molar-refractivity contribution in [1.29, 1.82) is 0 Å². The van der Waals surface area contributed by atoms with Crippen molar-refractivity contribution in [3.8, 4) is 5.75 Å². The molecule has 4 heteroatoms. The molecule has 0 radical (unpaired) electrons. The van der Waals surface area contributed by atoms with Crippen LogP contribution in [0.25, 0.3) is 0 Å². The standard InChI is InChI=1S/C20H20ClNO2/c21-16-8-9-19-14(11-16)10-15(12-24-19)20(23)22-18-7-3-5-13-4-1-2-6-17(13)18/h1-2,4,6,8-9,11,15,18H,3,5,7,10,12H2,(H,22,23)/t15-,18-/m0/s1. The number of hydrogen-bond donors (Lipinski definition) is 1. The molecule has 0 saturated carbocycles. The van der Waals surface area contributed by atoms with Crippen LogP contribution in [0, 0.1) is 5.92 Å². The van der Waals surface area contributed by atoms with E-state index in [2.05, 4.69) is 23.5 Å². The zero-order chi connectivity index (χ0) is 16.5. The molecule has 0 saturated heterocycles. The van der Waals surface area contributed by atoms with E-state index in [0.717, 1.165) is 30.6 Å². The highest BCUT2D eigenvalue weighted by atomic mass is 35.5. The number of aryl methyl sites for hydroxylation is 1. The lowest BCUT2D eigenvalue weighted by Crippen LogP contribution is -2.40. The summed E-state index contributed by atoms with van der Waals surface area (Å²) in [5.41, 5.74) is 3.63. The van der Waals surface area contributed by atoms with Gasteiger partial charge in [0, 0.05) is 5.02 Å². The molecule has 2 aromatic rings. The Morgan fingerprint density at radius 1 is 1.17 bits per heavy atom. The van der Waals surface area contributed by atoms with Gasteiger partial charge in [0.2, 0.25) is 5.91 Å². The van der Waals surface area contributed by atoms with Crippen molar-refractivity contribution in [3.05, 3.63) is 64.2 Å². The van der Waals surface area contributed by atoms with Gasteiger partial charge < -0.3 is 10.1 Å². The minimum atomic E-state index is -0.162. The predicted octanol–water partition coefficient (Wildman–Crippen LogP) is 4.08. The molecule has 1 N–H and O–H groups in total. The Labute approximate surface area is 147 Å². The summed E-state index contributed by atoms with van der Waals surface area (Å²) in [7, 11) is 0. The van der Waals surface area contributed by atoms with E-state index in [1.54, 1.807) is 0 Å². The van der Waals surface area contributed by atoms with Crippen molar-refractivity contribution in [2.45, 2.75) is 31.7 Å². The third kappa shape index (κ3) is 3.01. The Kier molecular flexibility index (Phi) is 4.19. The van der Waals surface area contributed by atoms with Crippen LogP contribution in [0.15, 0.2) is 42.5 Å². The fourth-order valence-corrected chi connectivity index (χ4v) is 3.92. The number of rotatable bonds is 2. The number of ether oxygens (including phenoxy) is 1. The second-order valence-electron chi connectivity index (χ2n) is 6.62. The molecule has 0 fully saturated rings. The SMILES string of the molecule is O=C(N[C@H]1CCCc2ccccc21)[C@@H]1COc2ccc(Cl)cc2C1. The number of amides is 1. The Morgan fingerprint density at radius 3 is 2.96 bits per heavy atom.